The summed E-state index contributed by atoms with van der Waals surface area (Å²) in [6, 6.07) is 6.87. The number of H-pyrrole nitrogens is 1. The molecule has 0 saturated carbocycles. The maximum absolute atomic E-state index is 14.3. The van der Waals surface area contributed by atoms with Crippen molar-refractivity contribution in [3.63, 3.8) is 0 Å². The van der Waals surface area contributed by atoms with Crippen molar-refractivity contribution in [2.45, 2.75) is 0 Å². The average Bonchev–Trinajstić information content (AvgIpc) is 3.10. The average molecular weight is 348 g/mol. The van der Waals surface area contributed by atoms with E-state index in [9.17, 15) is 8.78 Å². The first kappa shape index (κ1) is 15.7. The van der Waals surface area contributed by atoms with Crippen molar-refractivity contribution >= 4 is 28.4 Å². The highest BCUT2D eigenvalue weighted by atomic mass is 19.1. The van der Waals surface area contributed by atoms with E-state index in [0.29, 0.717) is 33.9 Å². The number of nitrogens with one attached hydrogen (secondary N) is 2. The lowest BCUT2D eigenvalue weighted by Crippen LogP contribution is -1.97. The summed E-state index contributed by atoms with van der Waals surface area (Å²) in [5, 5.41) is 3.01. The molecule has 0 aliphatic rings. The lowest BCUT2D eigenvalue weighted by molar-refractivity contribution is 0.585. The van der Waals surface area contributed by atoms with E-state index in [1.807, 2.05) is 0 Å². The molecule has 0 bridgehead atoms. The first-order chi connectivity index (χ1) is 12.6. The minimum atomic E-state index is -0.677. The SMILES string of the molecule is [C-]#[N+]c1cnc(Nc2cc(-c3ccc(F)cc3F)c3nc[nH]c3c2)nc1. The van der Waals surface area contributed by atoms with E-state index in [1.165, 1.54) is 30.9 Å². The number of imidazole rings is 1. The largest absolute Gasteiger partial charge is 0.345 e. The van der Waals surface area contributed by atoms with Crippen LogP contribution in [-0.4, -0.2) is 19.9 Å². The fourth-order valence-corrected chi connectivity index (χ4v) is 2.61. The molecule has 0 aliphatic heterocycles. The van der Waals surface area contributed by atoms with Crippen LogP contribution in [0.25, 0.3) is 27.0 Å². The van der Waals surface area contributed by atoms with Gasteiger partial charge in [0.2, 0.25) is 11.6 Å². The van der Waals surface area contributed by atoms with Gasteiger partial charge < -0.3 is 10.3 Å². The van der Waals surface area contributed by atoms with Crippen LogP contribution >= 0.6 is 0 Å². The van der Waals surface area contributed by atoms with Crippen LogP contribution in [0.2, 0.25) is 0 Å². The number of nitrogens with zero attached hydrogens (tertiary/aromatic N) is 4. The van der Waals surface area contributed by atoms with Gasteiger partial charge in [-0.1, -0.05) is 0 Å². The number of halogens is 2. The number of aromatic amines is 1. The van der Waals surface area contributed by atoms with Crippen LogP contribution in [0.5, 0.6) is 0 Å². The van der Waals surface area contributed by atoms with E-state index in [0.717, 1.165) is 6.07 Å². The van der Waals surface area contributed by atoms with Crippen LogP contribution in [0, 0.1) is 18.2 Å². The Hall–Kier alpha value is -3.86. The second kappa shape index (κ2) is 6.22. The van der Waals surface area contributed by atoms with Gasteiger partial charge in [0.15, 0.2) is 0 Å². The molecule has 0 atom stereocenters. The third kappa shape index (κ3) is 2.82. The summed E-state index contributed by atoms with van der Waals surface area (Å²) in [6.45, 7) is 6.92. The monoisotopic (exact) mass is 348 g/mol. The molecule has 0 spiro atoms. The van der Waals surface area contributed by atoms with Gasteiger partial charge in [0.25, 0.3) is 0 Å². The molecule has 0 saturated heterocycles. The second-order valence-electron chi connectivity index (χ2n) is 5.45. The van der Waals surface area contributed by atoms with Crippen molar-refractivity contribution in [1.82, 2.24) is 19.9 Å². The minimum Gasteiger partial charge on any atom is -0.345 e. The molecule has 26 heavy (non-hydrogen) atoms. The maximum atomic E-state index is 14.3. The quantitative estimate of drug-likeness (QED) is 0.531. The van der Waals surface area contributed by atoms with Crippen molar-refractivity contribution < 1.29 is 8.78 Å². The first-order valence-corrected chi connectivity index (χ1v) is 7.53. The molecule has 2 aromatic heterocycles. The van der Waals surface area contributed by atoms with Gasteiger partial charge in [0.1, 0.15) is 11.6 Å². The van der Waals surface area contributed by atoms with Gasteiger partial charge in [0.05, 0.1) is 23.9 Å². The van der Waals surface area contributed by atoms with Gasteiger partial charge in [-0.3, -0.25) is 0 Å². The van der Waals surface area contributed by atoms with Gasteiger partial charge in [0, 0.05) is 35.3 Å². The van der Waals surface area contributed by atoms with Crippen molar-refractivity contribution in [2.24, 2.45) is 0 Å². The van der Waals surface area contributed by atoms with E-state index in [4.69, 9.17) is 6.57 Å². The Morgan fingerprint density at radius 3 is 2.54 bits per heavy atom. The van der Waals surface area contributed by atoms with Crippen LogP contribution in [0.15, 0.2) is 49.1 Å². The summed E-state index contributed by atoms with van der Waals surface area (Å²) in [4.78, 5) is 18.6. The number of benzene rings is 2. The van der Waals surface area contributed by atoms with Gasteiger partial charge in [-0.05, 0) is 24.3 Å². The summed E-state index contributed by atoms with van der Waals surface area (Å²) >= 11 is 0. The predicted molar refractivity (Wildman–Crippen MR) is 93.0 cm³/mol. The molecule has 0 unspecified atom stereocenters. The molecule has 0 aliphatic carbocycles. The third-order valence-electron chi connectivity index (χ3n) is 3.77. The number of fused-ring (bicyclic) bond motifs is 1. The van der Waals surface area contributed by atoms with Crippen molar-refractivity contribution in [3.8, 4) is 11.1 Å². The van der Waals surface area contributed by atoms with E-state index >= 15 is 0 Å². The molecule has 2 N–H and O–H groups in total. The maximum Gasteiger partial charge on any atom is 0.224 e. The summed E-state index contributed by atoms with van der Waals surface area (Å²) in [7, 11) is 0. The Bertz CT molecular complexity index is 1140. The summed E-state index contributed by atoms with van der Waals surface area (Å²) in [5.41, 5.74) is 2.89. The van der Waals surface area contributed by atoms with Crippen LogP contribution in [-0.2, 0) is 0 Å². The fraction of sp³-hybridized carbons (Fsp3) is 0. The number of rotatable bonds is 3. The van der Waals surface area contributed by atoms with Gasteiger partial charge in [-0.25, -0.2) is 28.6 Å². The highest BCUT2D eigenvalue weighted by molar-refractivity contribution is 5.95. The van der Waals surface area contributed by atoms with Gasteiger partial charge in [-0.2, -0.15) is 0 Å². The number of hydrogen-bond donors (Lipinski definition) is 2. The summed E-state index contributed by atoms with van der Waals surface area (Å²) in [6.07, 6.45) is 4.30. The fourth-order valence-electron chi connectivity index (χ4n) is 2.61. The van der Waals surface area contributed by atoms with E-state index < -0.39 is 11.6 Å². The van der Waals surface area contributed by atoms with E-state index in [1.54, 1.807) is 12.1 Å². The van der Waals surface area contributed by atoms with Crippen molar-refractivity contribution in [2.75, 3.05) is 5.32 Å². The van der Waals surface area contributed by atoms with Crippen molar-refractivity contribution in [1.29, 1.82) is 0 Å². The Kier molecular flexibility index (Phi) is 3.74. The smallest absolute Gasteiger partial charge is 0.224 e. The van der Waals surface area contributed by atoms with E-state index in [2.05, 4.69) is 30.1 Å². The van der Waals surface area contributed by atoms with Crippen LogP contribution in [0.3, 0.4) is 0 Å². The number of aromatic nitrogens is 4. The highest BCUT2D eigenvalue weighted by Gasteiger charge is 2.14. The van der Waals surface area contributed by atoms with Gasteiger partial charge in [-0.15, -0.1) is 0 Å². The zero-order valence-electron chi connectivity index (χ0n) is 13.2. The lowest BCUT2D eigenvalue weighted by atomic mass is 10.0. The first-order valence-electron chi connectivity index (χ1n) is 7.53. The van der Waals surface area contributed by atoms with Gasteiger partial charge >= 0.3 is 0 Å². The molecular weight excluding hydrogens is 338 g/mol. The molecule has 126 valence electrons. The lowest BCUT2D eigenvalue weighted by Gasteiger charge is -2.10. The zero-order valence-corrected chi connectivity index (χ0v) is 13.2. The molecule has 0 amide bonds. The third-order valence-corrected chi connectivity index (χ3v) is 3.77. The molecule has 4 rings (SSSR count). The number of anilines is 2. The molecule has 0 fully saturated rings. The van der Waals surface area contributed by atoms with Crippen molar-refractivity contribution in [3.05, 3.63) is 72.1 Å². The standard InChI is InChI=1S/C18H10F2N6/c1-21-12-7-22-18(23-8-12)26-11-5-14(17-16(6-11)24-9-25-17)13-3-2-10(19)4-15(13)20/h2-9H,(H,24,25)(H,22,23,26). The van der Waals surface area contributed by atoms with Crippen LogP contribution in [0.1, 0.15) is 0 Å². The second-order valence-corrected chi connectivity index (χ2v) is 5.45. The highest BCUT2D eigenvalue weighted by Crippen LogP contribution is 2.33. The molecule has 0 radical (unpaired) electrons. The van der Waals surface area contributed by atoms with Crippen LogP contribution < -0.4 is 5.32 Å². The summed E-state index contributed by atoms with van der Waals surface area (Å²) in [5.74, 6) is -1.03. The van der Waals surface area contributed by atoms with E-state index in [-0.39, 0.29) is 5.56 Å². The Balaban J connectivity index is 1.80. The zero-order chi connectivity index (χ0) is 18.1. The molecule has 6 nitrogen and oxygen atoms in total. The Labute approximate surface area is 146 Å². The minimum absolute atomic E-state index is 0.233. The molecule has 2 aromatic carbocycles. The molecule has 2 heterocycles. The topological polar surface area (TPSA) is 70.8 Å². The van der Waals surface area contributed by atoms with Crippen LogP contribution in [0.4, 0.5) is 26.1 Å². The predicted octanol–water partition coefficient (Wildman–Crippen LogP) is 4.59. The molecule has 4 aromatic rings. The Morgan fingerprint density at radius 1 is 1.00 bits per heavy atom. The molecular formula is C18H10F2N6. The normalized spacial score (nSPS) is 10.7. The molecule has 8 heteroatoms. The number of hydrogen-bond acceptors (Lipinski definition) is 4. The Morgan fingerprint density at radius 2 is 1.81 bits per heavy atom. The summed E-state index contributed by atoms with van der Waals surface area (Å²) < 4.78 is 27.5.